The van der Waals surface area contributed by atoms with Crippen molar-refractivity contribution in [3.05, 3.63) is 47.8 Å². The first-order chi connectivity index (χ1) is 12.8. The van der Waals surface area contributed by atoms with Gasteiger partial charge in [0.25, 0.3) is 9.04 Å². The molecule has 145 valence electrons. The molecule has 0 bridgehead atoms. The number of rotatable bonds is 8. The van der Waals surface area contributed by atoms with E-state index >= 15 is 0 Å². The number of benzene rings is 1. The molecule has 2 aromatic rings. The van der Waals surface area contributed by atoms with Crippen LogP contribution in [0.2, 0.25) is 13.1 Å². The van der Waals surface area contributed by atoms with Gasteiger partial charge in [-0.15, -0.1) is 0 Å². The summed E-state index contributed by atoms with van der Waals surface area (Å²) in [6.07, 6.45) is 7.01. The average Bonchev–Trinajstić information content (AvgIpc) is 2.61. The molecule has 0 aliphatic carbocycles. The molecule has 0 unspecified atom stereocenters. The fourth-order valence-corrected chi connectivity index (χ4v) is 3.37. The molecule has 0 atom stereocenters. The van der Waals surface area contributed by atoms with Crippen molar-refractivity contribution in [2.24, 2.45) is 5.10 Å². The van der Waals surface area contributed by atoms with Crippen molar-refractivity contribution in [1.29, 1.82) is 0 Å². The van der Waals surface area contributed by atoms with Gasteiger partial charge < -0.3 is 9.16 Å². The van der Waals surface area contributed by atoms with Gasteiger partial charge in [0.1, 0.15) is 5.75 Å². The largest absolute Gasteiger partial charge is 0.540 e. The van der Waals surface area contributed by atoms with E-state index in [1.807, 2.05) is 18.3 Å². The highest BCUT2D eigenvalue weighted by Crippen LogP contribution is 2.41. The molecule has 27 heavy (non-hydrogen) atoms. The highest BCUT2D eigenvalue weighted by atomic mass is 28.3. The number of hydrazone groups is 1. The van der Waals surface area contributed by atoms with E-state index in [1.165, 1.54) is 5.56 Å². The summed E-state index contributed by atoms with van der Waals surface area (Å²) in [5, 5.41) is 4.28. The fraction of sp³-hybridized carbons (Fsp3) is 0.429. The summed E-state index contributed by atoms with van der Waals surface area (Å²) in [6.45, 7) is 10.8. The minimum atomic E-state index is -0.905. The van der Waals surface area contributed by atoms with Crippen LogP contribution in [0.1, 0.15) is 38.3 Å². The highest BCUT2D eigenvalue weighted by molar-refractivity contribution is 6.49. The predicted octanol–water partition coefficient (Wildman–Crippen LogP) is 5.05. The van der Waals surface area contributed by atoms with Gasteiger partial charge in [0.05, 0.1) is 12.8 Å². The molecule has 0 fully saturated rings. The van der Waals surface area contributed by atoms with Gasteiger partial charge >= 0.3 is 0 Å². The summed E-state index contributed by atoms with van der Waals surface area (Å²) in [4.78, 5) is 3.99. The Bertz CT molecular complexity index is 756. The van der Waals surface area contributed by atoms with Crippen LogP contribution in [0.15, 0.2) is 41.8 Å². The molecule has 0 aliphatic heterocycles. The molecule has 1 heterocycles. The maximum Gasteiger partial charge on any atom is 0.274 e. The van der Waals surface area contributed by atoms with Crippen LogP contribution < -0.4 is 14.6 Å². The molecule has 1 radical (unpaired) electrons. The zero-order valence-corrected chi connectivity index (χ0v) is 18.2. The quantitative estimate of drug-likeness (QED) is 0.393. The SMILES string of the molecule is COc1c(C(C)(C)C)ccc(CC/C=N/Nc2ccncc2)c1O[Si](C)C. The molecule has 0 saturated carbocycles. The normalized spacial score (nSPS) is 11.8. The van der Waals surface area contributed by atoms with E-state index < -0.39 is 9.04 Å². The van der Waals surface area contributed by atoms with Crippen LogP contribution in [0, 0.1) is 0 Å². The second-order valence-corrected chi connectivity index (χ2v) is 9.61. The maximum absolute atomic E-state index is 6.24. The van der Waals surface area contributed by atoms with Gasteiger partial charge in [0.15, 0.2) is 5.75 Å². The lowest BCUT2D eigenvalue weighted by molar-refractivity contribution is 0.377. The zero-order valence-electron chi connectivity index (χ0n) is 17.2. The Morgan fingerprint density at radius 1 is 1.11 bits per heavy atom. The minimum absolute atomic E-state index is 0.00765. The third kappa shape index (κ3) is 6.10. The van der Waals surface area contributed by atoms with Crippen LogP contribution in [-0.4, -0.2) is 27.3 Å². The Labute approximate surface area is 164 Å². The second kappa shape index (κ2) is 9.55. The van der Waals surface area contributed by atoms with Crippen molar-refractivity contribution in [2.45, 2.75) is 52.1 Å². The molecular formula is C21H30N3O2Si. The van der Waals surface area contributed by atoms with Crippen LogP contribution in [0.5, 0.6) is 11.5 Å². The van der Waals surface area contributed by atoms with Crippen molar-refractivity contribution in [2.75, 3.05) is 12.5 Å². The number of methoxy groups -OCH3 is 1. The lowest BCUT2D eigenvalue weighted by Crippen LogP contribution is -2.18. The topological polar surface area (TPSA) is 55.7 Å². The molecule has 0 aliphatic rings. The number of pyridine rings is 1. The first-order valence-electron chi connectivity index (χ1n) is 9.19. The number of nitrogens with zero attached hydrogens (tertiary/aromatic N) is 2. The zero-order chi connectivity index (χ0) is 19.9. The van der Waals surface area contributed by atoms with E-state index in [1.54, 1.807) is 19.5 Å². The fourth-order valence-electron chi connectivity index (χ4n) is 2.74. The highest BCUT2D eigenvalue weighted by Gasteiger charge is 2.24. The van der Waals surface area contributed by atoms with Gasteiger partial charge in [-0.3, -0.25) is 10.4 Å². The third-order valence-corrected chi connectivity index (χ3v) is 4.63. The Hall–Kier alpha value is -2.34. The van der Waals surface area contributed by atoms with Crippen molar-refractivity contribution in [3.8, 4) is 11.5 Å². The summed E-state index contributed by atoms with van der Waals surface area (Å²) in [6, 6.07) is 8.08. The van der Waals surface area contributed by atoms with Crippen LogP contribution in [0.3, 0.4) is 0 Å². The first-order valence-corrected chi connectivity index (χ1v) is 11.6. The minimum Gasteiger partial charge on any atom is -0.540 e. The molecule has 0 amide bonds. The van der Waals surface area contributed by atoms with Gasteiger partial charge in [-0.25, -0.2) is 0 Å². The number of aryl methyl sites for hydroxylation is 1. The third-order valence-electron chi connectivity index (χ3n) is 4.02. The summed E-state index contributed by atoms with van der Waals surface area (Å²) >= 11 is 0. The van der Waals surface area contributed by atoms with E-state index in [0.29, 0.717) is 0 Å². The van der Waals surface area contributed by atoms with E-state index in [0.717, 1.165) is 35.6 Å². The molecule has 0 spiro atoms. The van der Waals surface area contributed by atoms with E-state index in [9.17, 15) is 0 Å². The Morgan fingerprint density at radius 3 is 2.41 bits per heavy atom. The van der Waals surface area contributed by atoms with E-state index in [4.69, 9.17) is 9.16 Å². The number of anilines is 1. The molecule has 5 nitrogen and oxygen atoms in total. The molecular weight excluding hydrogens is 354 g/mol. The first kappa shape index (κ1) is 21.0. The number of nitrogens with one attached hydrogen (secondary N) is 1. The Kier molecular flexibility index (Phi) is 7.42. The van der Waals surface area contributed by atoms with Crippen LogP contribution >= 0.6 is 0 Å². The number of hydrogen-bond donors (Lipinski definition) is 1. The molecule has 1 N–H and O–H groups in total. The smallest absolute Gasteiger partial charge is 0.274 e. The summed E-state index contributed by atoms with van der Waals surface area (Å²) in [5.74, 6) is 1.75. The van der Waals surface area contributed by atoms with Gasteiger partial charge in [-0.2, -0.15) is 5.10 Å². The molecule has 6 heteroatoms. The Morgan fingerprint density at radius 2 is 1.81 bits per heavy atom. The summed E-state index contributed by atoms with van der Waals surface area (Å²) in [7, 11) is 0.817. The van der Waals surface area contributed by atoms with Crippen LogP contribution in [-0.2, 0) is 11.8 Å². The van der Waals surface area contributed by atoms with Crippen molar-refractivity contribution >= 4 is 20.9 Å². The van der Waals surface area contributed by atoms with E-state index in [2.05, 4.69) is 61.5 Å². The predicted molar refractivity (Wildman–Crippen MR) is 114 cm³/mol. The number of hydrogen-bond acceptors (Lipinski definition) is 5. The molecule has 0 saturated heterocycles. The van der Waals surface area contributed by atoms with Crippen molar-refractivity contribution in [3.63, 3.8) is 0 Å². The van der Waals surface area contributed by atoms with Gasteiger partial charge in [0, 0.05) is 24.2 Å². The van der Waals surface area contributed by atoms with E-state index in [-0.39, 0.29) is 5.41 Å². The summed E-state index contributed by atoms with van der Waals surface area (Å²) < 4.78 is 12.0. The average molecular weight is 385 g/mol. The molecule has 2 rings (SSSR count). The van der Waals surface area contributed by atoms with Crippen molar-refractivity contribution in [1.82, 2.24) is 4.98 Å². The van der Waals surface area contributed by atoms with Crippen LogP contribution in [0.25, 0.3) is 0 Å². The number of ether oxygens (including phenoxy) is 1. The Balaban J connectivity index is 2.15. The monoisotopic (exact) mass is 384 g/mol. The lowest BCUT2D eigenvalue weighted by atomic mass is 9.85. The van der Waals surface area contributed by atoms with Gasteiger partial charge in [0.2, 0.25) is 0 Å². The lowest BCUT2D eigenvalue weighted by Gasteiger charge is -2.26. The number of aromatic nitrogens is 1. The summed E-state index contributed by atoms with van der Waals surface area (Å²) in [5.41, 5.74) is 6.24. The standard InChI is InChI=1S/C21H30N3O2Si/c1-21(2,3)18-10-9-16(19(20(18)25-4)26-27(5)6)8-7-13-23-24-17-11-14-22-15-12-17/h9-15H,7-8H2,1-6H3,(H,22,24)/b23-13+. The van der Waals surface area contributed by atoms with Gasteiger partial charge in [-0.05, 0) is 49.0 Å². The van der Waals surface area contributed by atoms with Gasteiger partial charge in [-0.1, -0.05) is 32.9 Å². The molecule has 1 aromatic heterocycles. The maximum atomic E-state index is 6.24. The van der Waals surface area contributed by atoms with Crippen molar-refractivity contribution < 1.29 is 9.16 Å². The second-order valence-electron chi connectivity index (χ2n) is 7.59. The molecule has 1 aromatic carbocycles. The van der Waals surface area contributed by atoms with Crippen LogP contribution in [0.4, 0.5) is 5.69 Å².